The number of nitrogens with zero attached hydrogens (tertiary/aromatic N) is 1. The third-order valence-corrected chi connectivity index (χ3v) is 7.11. The summed E-state index contributed by atoms with van der Waals surface area (Å²) in [4.78, 5) is 49.5. The lowest BCUT2D eigenvalue weighted by Gasteiger charge is -2.12. The van der Waals surface area contributed by atoms with Gasteiger partial charge in [0, 0.05) is 45.4 Å². The van der Waals surface area contributed by atoms with Crippen LogP contribution in [0.25, 0.3) is 32.7 Å². The summed E-state index contributed by atoms with van der Waals surface area (Å²) in [5.41, 5.74) is 9.96. The van der Waals surface area contributed by atoms with Crippen molar-refractivity contribution in [2.75, 3.05) is 6.79 Å². The summed E-state index contributed by atoms with van der Waals surface area (Å²) >= 11 is 0. The standard InChI is InChI=1S/C32H26N4O6/c33-24(13-20-15-34-25-10-3-1-8-21(20)25)31(39)41-16-18-6-5-7-19(12-18)30(38)27-14-23-22-9-2-4-11-26(22)35-28(23)29(36-27)32(40)42-17-37/h1-12,14-15,24,34-35,37H,13,16-17,33H2. The Kier molecular flexibility index (Phi) is 7.22. The molecule has 0 amide bonds. The van der Waals surface area contributed by atoms with Gasteiger partial charge in [-0.05, 0) is 35.4 Å². The zero-order valence-electron chi connectivity index (χ0n) is 22.3. The van der Waals surface area contributed by atoms with Crippen molar-refractivity contribution in [3.05, 3.63) is 113 Å². The van der Waals surface area contributed by atoms with Crippen LogP contribution in [0.3, 0.4) is 0 Å². The number of pyridine rings is 1. The number of hydrogen-bond donors (Lipinski definition) is 4. The van der Waals surface area contributed by atoms with Gasteiger partial charge in [0.15, 0.2) is 12.5 Å². The van der Waals surface area contributed by atoms with E-state index in [2.05, 4.69) is 15.0 Å². The summed E-state index contributed by atoms with van der Waals surface area (Å²) in [7, 11) is 0. The van der Waals surface area contributed by atoms with Gasteiger partial charge >= 0.3 is 11.9 Å². The van der Waals surface area contributed by atoms with Crippen molar-refractivity contribution in [3.8, 4) is 0 Å². The largest absolute Gasteiger partial charge is 0.460 e. The number of fused-ring (bicyclic) bond motifs is 4. The fraction of sp³-hybridized carbons (Fsp3) is 0.125. The van der Waals surface area contributed by atoms with Crippen LogP contribution in [0, 0.1) is 0 Å². The highest BCUT2D eigenvalue weighted by Crippen LogP contribution is 2.29. The van der Waals surface area contributed by atoms with E-state index in [1.807, 2.05) is 54.7 Å². The first-order valence-corrected chi connectivity index (χ1v) is 13.2. The van der Waals surface area contributed by atoms with E-state index in [4.69, 9.17) is 20.3 Å². The number of aromatic nitrogens is 3. The number of para-hydroxylation sites is 2. The van der Waals surface area contributed by atoms with E-state index in [1.165, 1.54) is 0 Å². The van der Waals surface area contributed by atoms with E-state index in [0.29, 0.717) is 28.5 Å². The lowest BCUT2D eigenvalue weighted by Crippen LogP contribution is -2.34. The molecule has 3 aromatic carbocycles. The average Bonchev–Trinajstić information content (AvgIpc) is 3.60. The van der Waals surface area contributed by atoms with E-state index in [9.17, 15) is 14.4 Å². The number of carbonyl (C=O) groups excluding carboxylic acids is 3. The quantitative estimate of drug-likeness (QED) is 0.116. The number of aliphatic hydroxyl groups is 1. The molecule has 0 spiro atoms. The summed E-state index contributed by atoms with van der Waals surface area (Å²) in [6, 6.07) is 22.5. The van der Waals surface area contributed by atoms with Gasteiger partial charge in [-0.1, -0.05) is 54.6 Å². The van der Waals surface area contributed by atoms with Crippen LogP contribution in [0.1, 0.15) is 37.7 Å². The zero-order valence-corrected chi connectivity index (χ0v) is 22.3. The van der Waals surface area contributed by atoms with Crippen LogP contribution in [-0.2, 0) is 27.3 Å². The van der Waals surface area contributed by atoms with E-state index in [1.54, 1.807) is 30.3 Å². The van der Waals surface area contributed by atoms with Crippen molar-refractivity contribution >= 4 is 50.4 Å². The molecule has 0 bridgehead atoms. The van der Waals surface area contributed by atoms with Crippen LogP contribution in [-0.4, -0.2) is 50.6 Å². The number of H-pyrrole nitrogens is 2. The first kappa shape index (κ1) is 26.9. The molecule has 10 nitrogen and oxygen atoms in total. The fourth-order valence-corrected chi connectivity index (χ4v) is 5.07. The van der Waals surface area contributed by atoms with Crippen molar-refractivity contribution in [1.82, 2.24) is 15.0 Å². The summed E-state index contributed by atoms with van der Waals surface area (Å²) in [5, 5.41) is 11.5. The number of aliphatic hydroxyl groups excluding tert-OH is 1. The molecular formula is C32H26N4O6. The zero-order chi connectivity index (χ0) is 29.2. The van der Waals surface area contributed by atoms with Gasteiger partial charge in [-0.3, -0.25) is 9.59 Å². The first-order chi connectivity index (χ1) is 20.4. The number of esters is 2. The molecule has 3 aromatic heterocycles. The number of nitrogens with two attached hydrogens (primary N) is 1. The van der Waals surface area contributed by atoms with Crippen LogP contribution in [0.4, 0.5) is 0 Å². The average molecular weight is 563 g/mol. The molecule has 0 aliphatic carbocycles. The molecule has 0 radical (unpaired) electrons. The maximum absolute atomic E-state index is 13.6. The second-order valence-electron chi connectivity index (χ2n) is 9.82. The van der Waals surface area contributed by atoms with Crippen LogP contribution in [0.2, 0.25) is 0 Å². The van der Waals surface area contributed by atoms with Crippen molar-refractivity contribution in [2.24, 2.45) is 5.73 Å². The smallest absolute Gasteiger partial charge is 0.361 e. The highest BCUT2D eigenvalue weighted by molar-refractivity contribution is 6.17. The van der Waals surface area contributed by atoms with Crippen LogP contribution in [0.15, 0.2) is 85.1 Å². The number of aromatic amines is 2. The van der Waals surface area contributed by atoms with Gasteiger partial charge in [0.05, 0.1) is 5.52 Å². The topological polar surface area (TPSA) is 160 Å². The summed E-state index contributed by atoms with van der Waals surface area (Å²) in [6.07, 6.45) is 2.15. The minimum Gasteiger partial charge on any atom is -0.460 e. The Morgan fingerprint density at radius 1 is 0.881 bits per heavy atom. The minimum atomic E-state index is -0.867. The van der Waals surface area contributed by atoms with Crippen molar-refractivity contribution in [3.63, 3.8) is 0 Å². The summed E-state index contributed by atoms with van der Waals surface area (Å²) in [5.74, 6) is -1.87. The van der Waals surface area contributed by atoms with Gasteiger partial charge in [-0.15, -0.1) is 0 Å². The Balaban J connectivity index is 1.21. The van der Waals surface area contributed by atoms with Crippen molar-refractivity contribution in [1.29, 1.82) is 0 Å². The second-order valence-corrected chi connectivity index (χ2v) is 9.82. The molecule has 5 N–H and O–H groups in total. The number of ether oxygens (including phenoxy) is 2. The molecule has 1 atom stereocenters. The summed E-state index contributed by atoms with van der Waals surface area (Å²) in [6.45, 7) is -0.906. The Morgan fingerprint density at radius 2 is 1.64 bits per heavy atom. The van der Waals surface area contributed by atoms with Gasteiger partial charge in [-0.25, -0.2) is 9.78 Å². The van der Waals surface area contributed by atoms with E-state index >= 15 is 0 Å². The molecule has 6 aromatic rings. The molecule has 0 saturated heterocycles. The number of nitrogens with one attached hydrogen (secondary N) is 2. The molecule has 1 unspecified atom stereocenters. The lowest BCUT2D eigenvalue weighted by molar-refractivity contribution is -0.146. The summed E-state index contributed by atoms with van der Waals surface area (Å²) < 4.78 is 10.3. The molecule has 0 saturated carbocycles. The van der Waals surface area contributed by atoms with Gasteiger partial charge in [-0.2, -0.15) is 0 Å². The molecule has 3 heterocycles. The third kappa shape index (κ3) is 5.12. The molecular weight excluding hydrogens is 536 g/mol. The van der Waals surface area contributed by atoms with Gasteiger partial charge in [0.1, 0.15) is 18.3 Å². The Bertz CT molecular complexity index is 1970. The molecule has 0 aliphatic rings. The molecule has 6 rings (SSSR count). The maximum atomic E-state index is 13.6. The monoisotopic (exact) mass is 562 g/mol. The van der Waals surface area contributed by atoms with Crippen molar-refractivity contribution < 1.29 is 29.0 Å². The first-order valence-electron chi connectivity index (χ1n) is 13.2. The van der Waals surface area contributed by atoms with Crippen LogP contribution in [0.5, 0.6) is 0 Å². The molecule has 0 aliphatic heterocycles. The number of ketones is 1. The Hall–Kier alpha value is -5.32. The van der Waals surface area contributed by atoms with E-state index < -0.39 is 30.6 Å². The van der Waals surface area contributed by atoms with Crippen LogP contribution >= 0.6 is 0 Å². The molecule has 0 fully saturated rings. The predicted octanol–water partition coefficient (Wildman–Crippen LogP) is 4.15. The molecule has 42 heavy (non-hydrogen) atoms. The van der Waals surface area contributed by atoms with Crippen molar-refractivity contribution in [2.45, 2.75) is 19.1 Å². The predicted molar refractivity (Wildman–Crippen MR) is 156 cm³/mol. The molecule has 10 heteroatoms. The third-order valence-electron chi connectivity index (χ3n) is 7.11. The lowest BCUT2D eigenvalue weighted by atomic mass is 10.0. The molecule has 210 valence electrons. The van der Waals surface area contributed by atoms with E-state index in [0.717, 1.165) is 27.4 Å². The van der Waals surface area contributed by atoms with Crippen LogP contribution < -0.4 is 5.73 Å². The minimum absolute atomic E-state index is 0.0204. The number of carbonyl (C=O) groups is 3. The maximum Gasteiger partial charge on any atom is 0.361 e. The SMILES string of the molecule is NC(Cc1c[nH]c2ccccc12)C(=O)OCc1cccc(C(=O)c2cc3c([nH]c4ccccc43)c(C(=O)OCO)n2)c1. The van der Waals surface area contributed by atoms with E-state index in [-0.39, 0.29) is 18.0 Å². The number of rotatable bonds is 9. The fourth-order valence-electron chi connectivity index (χ4n) is 5.07. The number of hydrogen-bond acceptors (Lipinski definition) is 8. The number of benzene rings is 3. The normalized spacial score (nSPS) is 12.0. The Labute approximate surface area is 239 Å². The second kappa shape index (κ2) is 11.3. The highest BCUT2D eigenvalue weighted by Gasteiger charge is 2.23. The Morgan fingerprint density at radius 3 is 2.45 bits per heavy atom. The van der Waals surface area contributed by atoms with Gasteiger partial charge < -0.3 is 30.3 Å². The van der Waals surface area contributed by atoms with Gasteiger partial charge in [0.25, 0.3) is 0 Å². The highest BCUT2D eigenvalue weighted by atomic mass is 16.6. The van der Waals surface area contributed by atoms with Gasteiger partial charge in [0.2, 0.25) is 5.78 Å².